The van der Waals surface area contributed by atoms with Crippen LogP contribution in [-0.4, -0.2) is 19.5 Å². The third-order valence-electron chi connectivity index (χ3n) is 10.7. The first-order valence-electron chi connectivity index (χ1n) is 18.8. The van der Waals surface area contributed by atoms with Crippen LogP contribution >= 0.6 is 0 Å². The SMILES string of the molecule is c1ccc(-c2cccc(-c3nc(-c4cccc(-c5ccccc5)c4)nc(-c4cccc5oc6c(-n7c8ccccc8c8ccccc87)cccc6c45)n3)c2)cc1. The predicted octanol–water partition coefficient (Wildman–Crippen LogP) is 13.2. The molecule has 0 amide bonds. The van der Waals surface area contributed by atoms with Crippen molar-refractivity contribution in [2.75, 3.05) is 0 Å². The fourth-order valence-corrected chi connectivity index (χ4v) is 8.07. The molecule has 11 aromatic rings. The number of rotatable bonds is 6. The van der Waals surface area contributed by atoms with Crippen LogP contribution in [0.3, 0.4) is 0 Å². The highest BCUT2D eigenvalue weighted by atomic mass is 16.3. The van der Waals surface area contributed by atoms with Gasteiger partial charge in [0.15, 0.2) is 23.1 Å². The molecule has 8 aromatic carbocycles. The lowest BCUT2D eigenvalue weighted by atomic mass is 10.0. The molecule has 56 heavy (non-hydrogen) atoms. The smallest absolute Gasteiger partial charge is 0.164 e. The minimum absolute atomic E-state index is 0.579. The molecule has 3 aromatic heterocycles. The number of benzene rings is 8. The second-order valence-corrected chi connectivity index (χ2v) is 14.0. The van der Waals surface area contributed by atoms with E-state index < -0.39 is 0 Å². The van der Waals surface area contributed by atoms with Crippen LogP contribution in [0.15, 0.2) is 199 Å². The largest absolute Gasteiger partial charge is 0.454 e. The standard InChI is InChI=1S/C51H32N4O/c1-3-15-33(16-4-1)35-19-11-21-37(31-35)49-52-50(38-22-12-20-36(32-38)34-17-5-2-6-18-34)54-51(53-49)42-26-14-30-46-47(42)41-25-13-29-45(48(41)56-46)55-43-27-9-7-23-39(43)40-24-8-10-28-44(40)55/h1-32H. The number of hydrogen-bond donors (Lipinski definition) is 0. The summed E-state index contributed by atoms with van der Waals surface area (Å²) in [6, 6.07) is 67.3. The Labute approximate surface area is 322 Å². The van der Waals surface area contributed by atoms with Crippen LogP contribution < -0.4 is 0 Å². The third-order valence-corrected chi connectivity index (χ3v) is 10.7. The molecule has 0 aliphatic carbocycles. The molecule has 11 rings (SSSR count). The van der Waals surface area contributed by atoms with Gasteiger partial charge in [0.1, 0.15) is 5.58 Å². The van der Waals surface area contributed by atoms with Crippen LogP contribution in [0, 0.1) is 0 Å². The van der Waals surface area contributed by atoms with Crippen LogP contribution in [0.4, 0.5) is 0 Å². The van der Waals surface area contributed by atoms with Crippen molar-refractivity contribution < 1.29 is 4.42 Å². The summed E-state index contributed by atoms with van der Waals surface area (Å²) in [6.07, 6.45) is 0. The Morgan fingerprint density at radius 2 is 0.821 bits per heavy atom. The molecule has 0 unspecified atom stereocenters. The van der Waals surface area contributed by atoms with Crippen molar-refractivity contribution >= 4 is 43.7 Å². The summed E-state index contributed by atoms with van der Waals surface area (Å²) in [4.78, 5) is 15.6. The fourth-order valence-electron chi connectivity index (χ4n) is 8.07. The van der Waals surface area contributed by atoms with Gasteiger partial charge in [-0.3, -0.25) is 0 Å². The van der Waals surface area contributed by atoms with E-state index in [9.17, 15) is 0 Å². The van der Waals surface area contributed by atoms with E-state index >= 15 is 0 Å². The molecule has 0 N–H and O–H groups in total. The lowest BCUT2D eigenvalue weighted by Gasteiger charge is -2.11. The molecule has 0 bridgehead atoms. The molecule has 0 spiro atoms. The highest BCUT2D eigenvalue weighted by molar-refractivity contribution is 6.15. The Kier molecular flexibility index (Phi) is 7.42. The van der Waals surface area contributed by atoms with Gasteiger partial charge in [-0.05, 0) is 58.7 Å². The van der Waals surface area contributed by atoms with E-state index in [4.69, 9.17) is 19.4 Å². The zero-order chi connectivity index (χ0) is 37.0. The van der Waals surface area contributed by atoms with E-state index in [0.29, 0.717) is 17.5 Å². The first-order chi connectivity index (χ1) is 27.8. The van der Waals surface area contributed by atoms with Gasteiger partial charge in [-0.15, -0.1) is 0 Å². The van der Waals surface area contributed by atoms with E-state index in [-0.39, 0.29) is 0 Å². The van der Waals surface area contributed by atoms with Crippen LogP contribution in [0.5, 0.6) is 0 Å². The molecule has 0 atom stereocenters. The molecule has 0 saturated carbocycles. The van der Waals surface area contributed by atoms with Gasteiger partial charge in [0.05, 0.1) is 16.7 Å². The molecular weight excluding hydrogens is 685 g/mol. The van der Waals surface area contributed by atoms with Gasteiger partial charge in [0, 0.05) is 38.2 Å². The molecule has 3 heterocycles. The van der Waals surface area contributed by atoms with Crippen molar-refractivity contribution in [3.8, 4) is 62.1 Å². The number of para-hydroxylation sites is 3. The van der Waals surface area contributed by atoms with Crippen molar-refractivity contribution in [3.63, 3.8) is 0 Å². The number of furan rings is 1. The summed E-state index contributed by atoms with van der Waals surface area (Å²) >= 11 is 0. The van der Waals surface area contributed by atoms with Gasteiger partial charge in [0.25, 0.3) is 0 Å². The zero-order valence-electron chi connectivity index (χ0n) is 30.2. The van der Waals surface area contributed by atoms with Crippen LogP contribution in [0.1, 0.15) is 0 Å². The first kappa shape index (κ1) is 31.9. The average molecular weight is 717 g/mol. The van der Waals surface area contributed by atoms with E-state index in [2.05, 4.69) is 174 Å². The third kappa shape index (κ3) is 5.29. The van der Waals surface area contributed by atoms with E-state index in [0.717, 1.165) is 77.6 Å². The maximum Gasteiger partial charge on any atom is 0.164 e. The summed E-state index contributed by atoms with van der Waals surface area (Å²) in [5, 5.41) is 4.37. The Morgan fingerprint density at radius 3 is 1.43 bits per heavy atom. The van der Waals surface area contributed by atoms with Gasteiger partial charge in [-0.1, -0.05) is 158 Å². The predicted molar refractivity (Wildman–Crippen MR) is 229 cm³/mol. The van der Waals surface area contributed by atoms with Crippen LogP contribution in [-0.2, 0) is 0 Å². The van der Waals surface area contributed by atoms with E-state index in [1.807, 2.05) is 24.3 Å². The molecule has 0 aliphatic rings. The topological polar surface area (TPSA) is 56.7 Å². The summed E-state index contributed by atoms with van der Waals surface area (Å²) in [5.41, 5.74) is 12.0. The highest BCUT2D eigenvalue weighted by Crippen LogP contribution is 2.41. The average Bonchev–Trinajstić information content (AvgIpc) is 3.83. The quantitative estimate of drug-likeness (QED) is 0.172. The Morgan fingerprint density at radius 1 is 0.357 bits per heavy atom. The fraction of sp³-hybridized carbons (Fsp3) is 0. The Hall–Kier alpha value is -7.63. The van der Waals surface area contributed by atoms with Gasteiger partial charge >= 0.3 is 0 Å². The monoisotopic (exact) mass is 716 g/mol. The number of fused-ring (bicyclic) bond motifs is 6. The van der Waals surface area contributed by atoms with Crippen molar-refractivity contribution in [1.29, 1.82) is 0 Å². The summed E-state index contributed by atoms with van der Waals surface area (Å²) in [5.74, 6) is 1.78. The van der Waals surface area contributed by atoms with Crippen LogP contribution in [0.2, 0.25) is 0 Å². The molecule has 5 heteroatoms. The van der Waals surface area contributed by atoms with E-state index in [1.54, 1.807) is 0 Å². The normalized spacial score (nSPS) is 11.6. The van der Waals surface area contributed by atoms with Gasteiger partial charge in [-0.2, -0.15) is 0 Å². The van der Waals surface area contributed by atoms with Gasteiger partial charge in [-0.25, -0.2) is 15.0 Å². The van der Waals surface area contributed by atoms with Crippen molar-refractivity contribution in [2.24, 2.45) is 0 Å². The summed E-state index contributed by atoms with van der Waals surface area (Å²) < 4.78 is 9.15. The van der Waals surface area contributed by atoms with Crippen molar-refractivity contribution in [3.05, 3.63) is 194 Å². The molecule has 262 valence electrons. The maximum absolute atomic E-state index is 6.83. The van der Waals surface area contributed by atoms with Crippen molar-refractivity contribution in [2.45, 2.75) is 0 Å². The van der Waals surface area contributed by atoms with Gasteiger partial charge in [0.2, 0.25) is 0 Å². The molecule has 0 radical (unpaired) electrons. The second kappa shape index (κ2) is 13.0. The lowest BCUT2D eigenvalue weighted by molar-refractivity contribution is 0.666. The minimum atomic E-state index is 0.579. The molecule has 5 nitrogen and oxygen atoms in total. The summed E-state index contributed by atoms with van der Waals surface area (Å²) in [6.45, 7) is 0. The highest BCUT2D eigenvalue weighted by Gasteiger charge is 2.21. The number of hydrogen-bond acceptors (Lipinski definition) is 4. The molecular formula is C51H32N4O. The number of aromatic nitrogens is 4. The maximum atomic E-state index is 6.83. The lowest BCUT2D eigenvalue weighted by Crippen LogP contribution is -2.00. The minimum Gasteiger partial charge on any atom is -0.454 e. The molecule has 0 aliphatic heterocycles. The summed E-state index contributed by atoms with van der Waals surface area (Å²) in [7, 11) is 0. The second-order valence-electron chi connectivity index (χ2n) is 14.0. The Balaban J connectivity index is 1.14. The first-order valence-corrected chi connectivity index (χ1v) is 18.8. The zero-order valence-corrected chi connectivity index (χ0v) is 30.2. The number of nitrogens with zero attached hydrogens (tertiary/aromatic N) is 4. The van der Waals surface area contributed by atoms with Crippen molar-refractivity contribution in [1.82, 2.24) is 19.5 Å². The molecule has 0 saturated heterocycles. The molecule has 0 fully saturated rings. The van der Waals surface area contributed by atoms with E-state index in [1.165, 1.54) is 10.8 Å². The van der Waals surface area contributed by atoms with Crippen LogP contribution in [0.25, 0.3) is 106 Å². The Bertz CT molecular complexity index is 3100. The van der Waals surface area contributed by atoms with Gasteiger partial charge < -0.3 is 8.98 Å².